The van der Waals surface area contributed by atoms with E-state index >= 15 is 0 Å². The van der Waals surface area contributed by atoms with Crippen molar-refractivity contribution in [1.82, 2.24) is 10.3 Å². The van der Waals surface area contributed by atoms with E-state index in [1.165, 1.54) is 18.2 Å². The molecule has 2 aromatic rings. The van der Waals surface area contributed by atoms with Gasteiger partial charge in [-0.25, -0.2) is 14.2 Å². The fourth-order valence-electron chi connectivity index (χ4n) is 2.04. The van der Waals surface area contributed by atoms with Crippen molar-refractivity contribution in [2.75, 3.05) is 17.2 Å². The van der Waals surface area contributed by atoms with Crippen LogP contribution in [0.1, 0.15) is 26.5 Å². The highest BCUT2D eigenvalue weighted by Gasteiger charge is 2.21. The zero-order chi connectivity index (χ0) is 19.2. The average Bonchev–Trinajstić information content (AvgIpc) is 2.54. The van der Waals surface area contributed by atoms with Crippen LogP contribution in [0.5, 0.6) is 0 Å². The molecule has 0 fully saturated rings. The number of rotatable bonds is 5. The maximum absolute atomic E-state index is 13.1. The minimum Gasteiger partial charge on any atom is -0.337 e. The summed E-state index contributed by atoms with van der Waals surface area (Å²) in [5, 5.41) is 8.01. The second kappa shape index (κ2) is 8.42. The number of pyridine rings is 1. The van der Waals surface area contributed by atoms with E-state index in [0.29, 0.717) is 24.5 Å². The summed E-state index contributed by atoms with van der Waals surface area (Å²) in [6.45, 7) is 5.83. The van der Waals surface area contributed by atoms with Gasteiger partial charge in [0, 0.05) is 29.8 Å². The first-order valence-corrected chi connectivity index (χ1v) is 8.32. The van der Waals surface area contributed by atoms with Gasteiger partial charge in [-0.2, -0.15) is 0 Å². The summed E-state index contributed by atoms with van der Waals surface area (Å²) >= 11 is 0. The third-order valence-corrected chi connectivity index (χ3v) is 3.48. The molecular weight excluding hydrogens is 335 g/mol. The molecule has 0 aliphatic rings. The maximum Gasteiger partial charge on any atom is 0.319 e. The lowest BCUT2D eigenvalue weighted by Gasteiger charge is -2.17. The maximum atomic E-state index is 13.1. The summed E-state index contributed by atoms with van der Waals surface area (Å²) < 4.78 is 13.1. The van der Waals surface area contributed by atoms with Crippen LogP contribution in [-0.2, 0) is 11.2 Å². The van der Waals surface area contributed by atoms with Crippen LogP contribution in [0, 0.1) is 11.2 Å². The second-order valence-corrected chi connectivity index (χ2v) is 6.86. The van der Waals surface area contributed by atoms with Gasteiger partial charge >= 0.3 is 6.03 Å². The van der Waals surface area contributed by atoms with Crippen LogP contribution < -0.4 is 16.0 Å². The fraction of sp³-hybridized carbons (Fsp3) is 0.316. The van der Waals surface area contributed by atoms with E-state index < -0.39 is 17.3 Å². The zero-order valence-electron chi connectivity index (χ0n) is 15.1. The van der Waals surface area contributed by atoms with Crippen LogP contribution in [0.15, 0.2) is 42.5 Å². The lowest BCUT2D eigenvalue weighted by atomic mass is 9.96. The SMILES string of the molecule is CC(C)(C)C(=O)Nc1cccc(CCNC(=O)Nc2cccc(F)c2)n1. The van der Waals surface area contributed by atoms with Crippen molar-refractivity contribution in [3.63, 3.8) is 0 Å². The molecule has 7 heteroatoms. The molecule has 138 valence electrons. The van der Waals surface area contributed by atoms with Crippen molar-refractivity contribution in [2.45, 2.75) is 27.2 Å². The Morgan fingerprint density at radius 1 is 1.08 bits per heavy atom. The Hall–Kier alpha value is -2.96. The first kappa shape index (κ1) is 19.4. The number of nitrogens with zero attached hydrogens (tertiary/aromatic N) is 1. The van der Waals surface area contributed by atoms with Crippen LogP contribution in [-0.4, -0.2) is 23.5 Å². The van der Waals surface area contributed by atoms with Gasteiger partial charge in [0.2, 0.25) is 5.91 Å². The summed E-state index contributed by atoms with van der Waals surface area (Å²) in [7, 11) is 0. The molecule has 0 aliphatic heterocycles. The van der Waals surface area contributed by atoms with Gasteiger partial charge in [-0.15, -0.1) is 0 Å². The molecule has 0 saturated carbocycles. The molecule has 0 saturated heterocycles. The first-order valence-electron chi connectivity index (χ1n) is 8.32. The number of hydrogen-bond donors (Lipinski definition) is 3. The lowest BCUT2D eigenvalue weighted by molar-refractivity contribution is -0.123. The summed E-state index contributed by atoms with van der Waals surface area (Å²) in [6, 6.07) is 10.6. The molecule has 0 unspecified atom stereocenters. The molecule has 1 aromatic heterocycles. The van der Waals surface area contributed by atoms with Gasteiger partial charge in [-0.05, 0) is 30.3 Å². The first-order chi connectivity index (χ1) is 12.2. The molecule has 6 nitrogen and oxygen atoms in total. The highest BCUT2D eigenvalue weighted by Crippen LogP contribution is 2.16. The number of halogens is 1. The van der Waals surface area contributed by atoms with Gasteiger partial charge in [-0.1, -0.05) is 32.9 Å². The van der Waals surface area contributed by atoms with Crippen molar-refractivity contribution >= 4 is 23.4 Å². The minimum absolute atomic E-state index is 0.116. The summed E-state index contributed by atoms with van der Waals surface area (Å²) in [5.74, 6) is -0.0532. The predicted molar refractivity (Wildman–Crippen MR) is 99.4 cm³/mol. The second-order valence-electron chi connectivity index (χ2n) is 6.86. The van der Waals surface area contributed by atoms with Crippen molar-refractivity contribution < 1.29 is 14.0 Å². The molecule has 0 spiro atoms. The molecular formula is C19H23FN4O2. The summed E-state index contributed by atoms with van der Waals surface area (Å²) in [6.07, 6.45) is 0.496. The molecule has 26 heavy (non-hydrogen) atoms. The molecule has 1 aromatic carbocycles. The van der Waals surface area contributed by atoms with Crippen molar-refractivity contribution in [3.05, 3.63) is 54.0 Å². The Morgan fingerprint density at radius 3 is 2.50 bits per heavy atom. The standard InChI is InChI=1S/C19H23FN4O2/c1-19(2,3)17(25)24-16-9-5-7-14(22-16)10-11-21-18(26)23-15-8-4-6-13(20)12-15/h4-9,12H,10-11H2,1-3H3,(H2,21,23,26)(H,22,24,25). The largest absolute Gasteiger partial charge is 0.337 e. The third kappa shape index (κ3) is 6.16. The zero-order valence-corrected chi connectivity index (χ0v) is 15.1. The Bertz CT molecular complexity index is 787. The quantitative estimate of drug-likeness (QED) is 0.764. The van der Waals surface area contributed by atoms with Crippen LogP contribution in [0.3, 0.4) is 0 Å². The number of aromatic nitrogens is 1. The number of anilines is 2. The number of amides is 3. The van der Waals surface area contributed by atoms with Gasteiger partial charge in [-0.3, -0.25) is 4.79 Å². The average molecular weight is 358 g/mol. The Kier molecular flexibility index (Phi) is 6.27. The van der Waals surface area contributed by atoms with E-state index in [0.717, 1.165) is 5.69 Å². The van der Waals surface area contributed by atoms with Crippen molar-refractivity contribution in [3.8, 4) is 0 Å². The molecule has 0 bridgehead atoms. The van der Waals surface area contributed by atoms with Gasteiger partial charge in [0.05, 0.1) is 0 Å². The highest BCUT2D eigenvalue weighted by atomic mass is 19.1. The highest BCUT2D eigenvalue weighted by molar-refractivity contribution is 5.93. The van der Waals surface area contributed by atoms with Crippen LogP contribution in [0.4, 0.5) is 20.7 Å². The smallest absolute Gasteiger partial charge is 0.319 e. The van der Waals surface area contributed by atoms with E-state index in [-0.39, 0.29) is 5.91 Å². The topological polar surface area (TPSA) is 83.1 Å². The monoisotopic (exact) mass is 358 g/mol. The number of benzene rings is 1. The van der Waals surface area contributed by atoms with Gasteiger partial charge in [0.15, 0.2) is 0 Å². The normalized spacial score (nSPS) is 10.9. The van der Waals surface area contributed by atoms with Gasteiger partial charge in [0.25, 0.3) is 0 Å². The number of carbonyl (C=O) groups excluding carboxylic acids is 2. The molecule has 0 atom stereocenters. The van der Waals surface area contributed by atoms with Crippen molar-refractivity contribution in [2.24, 2.45) is 5.41 Å². The lowest BCUT2D eigenvalue weighted by Crippen LogP contribution is -2.30. The number of urea groups is 1. The third-order valence-electron chi connectivity index (χ3n) is 3.48. The Labute approximate surface area is 152 Å². The molecule has 3 amide bonds. The van der Waals surface area contributed by atoms with Crippen LogP contribution >= 0.6 is 0 Å². The van der Waals surface area contributed by atoms with E-state index in [1.54, 1.807) is 18.2 Å². The van der Waals surface area contributed by atoms with Crippen molar-refractivity contribution in [1.29, 1.82) is 0 Å². The number of hydrogen-bond acceptors (Lipinski definition) is 3. The van der Waals surface area contributed by atoms with E-state index in [9.17, 15) is 14.0 Å². The number of carbonyl (C=O) groups is 2. The molecule has 3 N–H and O–H groups in total. The van der Waals surface area contributed by atoms with E-state index in [1.807, 2.05) is 26.8 Å². The molecule has 2 rings (SSSR count). The van der Waals surface area contributed by atoms with E-state index in [4.69, 9.17) is 0 Å². The summed E-state index contributed by atoms with van der Waals surface area (Å²) in [4.78, 5) is 28.2. The minimum atomic E-state index is -0.506. The molecule has 0 radical (unpaired) electrons. The van der Waals surface area contributed by atoms with Crippen LogP contribution in [0.2, 0.25) is 0 Å². The molecule has 1 heterocycles. The van der Waals surface area contributed by atoms with Gasteiger partial charge < -0.3 is 16.0 Å². The summed E-state index contributed by atoms with van der Waals surface area (Å²) in [5.41, 5.74) is 0.615. The van der Waals surface area contributed by atoms with E-state index in [2.05, 4.69) is 20.9 Å². The molecule has 0 aliphatic carbocycles. The predicted octanol–water partition coefficient (Wildman–Crippen LogP) is 3.57. The number of nitrogens with one attached hydrogen (secondary N) is 3. The Morgan fingerprint density at radius 2 is 1.81 bits per heavy atom. The fourth-order valence-corrected chi connectivity index (χ4v) is 2.04. The van der Waals surface area contributed by atoms with Gasteiger partial charge in [0.1, 0.15) is 11.6 Å². The van der Waals surface area contributed by atoms with Crippen LogP contribution in [0.25, 0.3) is 0 Å². The Balaban J connectivity index is 1.83.